The summed E-state index contributed by atoms with van der Waals surface area (Å²) >= 11 is 1.88. The molecule has 1 fully saturated rings. The van der Waals surface area contributed by atoms with Crippen LogP contribution in [0, 0.1) is 0 Å². The molecule has 0 N–H and O–H groups in total. The molecule has 3 heterocycles. The molecular formula is C17H19NOS. The quantitative estimate of drug-likeness (QED) is 0.790. The topological polar surface area (TPSA) is 12.5 Å². The standard InChI is InChI=1S/C17H19NOS/c1-2-4-15(5-3-1)18-10-8-17(9-11-18)16-14(6-12-19-17)7-13-20-16/h1-5,7,13H,6,8-12H2. The largest absolute Gasteiger partial charge is 0.371 e. The van der Waals surface area contributed by atoms with Crippen LogP contribution in [0.5, 0.6) is 0 Å². The fraction of sp³-hybridized carbons (Fsp3) is 0.412. The number of nitrogens with zero attached hydrogens (tertiary/aromatic N) is 1. The van der Waals surface area contributed by atoms with Crippen molar-refractivity contribution in [3.63, 3.8) is 0 Å². The Morgan fingerprint density at radius 3 is 2.65 bits per heavy atom. The highest BCUT2D eigenvalue weighted by Gasteiger charge is 2.41. The normalized spacial score (nSPS) is 20.9. The van der Waals surface area contributed by atoms with E-state index in [4.69, 9.17) is 4.74 Å². The minimum absolute atomic E-state index is 0.00697. The summed E-state index contributed by atoms with van der Waals surface area (Å²) < 4.78 is 6.26. The lowest BCUT2D eigenvalue weighted by Gasteiger charge is -2.44. The number of piperidine rings is 1. The molecule has 2 nitrogen and oxygen atoms in total. The summed E-state index contributed by atoms with van der Waals surface area (Å²) in [5.41, 5.74) is 2.87. The minimum Gasteiger partial charge on any atom is -0.371 e. The third kappa shape index (κ3) is 1.97. The predicted octanol–water partition coefficient (Wildman–Crippen LogP) is 3.82. The molecule has 0 amide bonds. The molecule has 20 heavy (non-hydrogen) atoms. The molecule has 1 spiro atoms. The molecule has 3 heteroatoms. The lowest BCUT2D eigenvalue weighted by atomic mass is 9.85. The Balaban J connectivity index is 1.56. The molecule has 0 radical (unpaired) electrons. The Morgan fingerprint density at radius 2 is 1.85 bits per heavy atom. The van der Waals surface area contributed by atoms with Crippen LogP contribution in [0.1, 0.15) is 23.3 Å². The molecule has 1 aromatic heterocycles. The van der Waals surface area contributed by atoms with Gasteiger partial charge in [-0.2, -0.15) is 0 Å². The van der Waals surface area contributed by atoms with Crippen LogP contribution in [0.3, 0.4) is 0 Å². The summed E-state index contributed by atoms with van der Waals surface area (Å²) in [7, 11) is 0. The first-order valence-corrected chi connectivity index (χ1v) is 8.26. The van der Waals surface area contributed by atoms with Gasteiger partial charge in [-0.15, -0.1) is 11.3 Å². The molecule has 0 unspecified atom stereocenters. The smallest absolute Gasteiger partial charge is 0.106 e. The molecule has 2 aliphatic rings. The van der Waals surface area contributed by atoms with Crippen molar-refractivity contribution in [3.8, 4) is 0 Å². The van der Waals surface area contributed by atoms with Crippen LogP contribution < -0.4 is 4.90 Å². The summed E-state index contributed by atoms with van der Waals surface area (Å²) in [4.78, 5) is 3.98. The van der Waals surface area contributed by atoms with E-state index < -0.39 is 0 Å². The average molecular weight is 285 g/mol. The highest BCUT2D eigenvalue weighted by atomic mass is 32.1. The summed E-state index contributed by atoms with van der Waals surface area (Å²) in [6.07, 6.45) is 3.30. The first-order valence-electron chi connectivity index (χ1n) is 7.38. The number of benzene rings is 1. The van der Waals surface area contributed by atoms with E-state index in [1.807, 2.05) is 11.3 Å². The Kier molecular flexibility index (Phi) is 3.04. The van der Waals surface area contributed by atoms with Crippen molar-refractivity contribution in [1.29, 1.82) is 0 Å². The number of ether oxygens (including phenoxy) is 1. The van der Waals surface area contributed by atoms with Gasteiger partial charge in [0.25, 0.3) is 0 Å². The molecule has 0 aliphatic carbocycles. The maximum absolute atomic E-state index is 6.26. The van der Waals surface area contributed by atoms with Crippen molar-refractivity contribution in [2.75, 3.05) is 24.6 Å². The molecule has 104 valence electrons. The molecule has 0 saturated carbocycles. The van der Waals surface area contributed by atoms with Gasteiger partial charge in [0.05, 0.1) is 6.61 Å². The summed E-state index contributed by atoms with van der Waals surface area (Å²) in [5.74, 6) is 0. The molecule has 1 saturated heterocycles. The van der Waals surface area contributed by atoms with Gasteiger partial charge in [-0.3, -0.25) is 0 Å². The second-order valence-corrected chi connectivity index (χ2v) is 6.61. The van der Waals surface area contributed by atoms with Gasteiger partial charge in [0.2, 0.25) is 0 Å². The van der Waals surface area contributed by atoms with Crippen molar-refractivity contribution in [2.24, 2.45) is 0 Å². The number of hydrogen-bond acceptors (Lipinski definition) is 3. The van der Waals surface area contributed by atoms with Gasteiger partial charge < -0.3 is 9.64 Å². The summed E-state index contributed by atoms with van der Waals surface area (Å²) in [6, 6.07) is 13.0. The highest BCUT2D eigenvalue weighted by Crippen LogP contribution is 2.44. The Labute approximate surface area is 124 Å². The Bertz CT molecular complexity index is 584. The van der Waals surface area contributed by atoms with Gasteiger partial charge in [-0.05, 0) is 48.4 Å². The fourth-order valence-corrected chi connectivity index (χ4v) is 4.66. The van der Waals surface area contributed by atoms with E-state index in [2.05, 4.69) is 46.7 Å². The zero-order valence-corrected chi connectivity index (χ0v) is 12.4. The highest BCUT2D eigenvalue weighted by molar-refractivity contribution is 7.10. The van der Waals surface area contributed by atoms with E-state index in [0.29, 0.717) is 0 Å². The first kappa shape index (κ1) is 12.4. The van der Waals surface area contributed by atoms with Gasteiger partial charge in [0.15, 0.2) is 0 Å². The maximum atomic E-state index is 6.26. The van der Waals surface area contributed by atoms with Crippen molar-refractivity contribution in [1.82, 2.24) is 0 Å². The van der Waals surface area contributed by atoms with Crippen LogP contribution in [0.4, 0.5) is 5.69 Å². The molecule has 2 aromatic rings. The van der Waals surface area contributed by atoms with Crippen LogP contribution in [0.15, 0.2) is 41.8 Å². The number of thiophene rings is 1. The molecule has 0 bridgehead atoms. The van der Waals surface area contributed by atoms with Crippen LogP contribution >= 0.6 is 11.3 Å². The third-order valence-electron chi connectivity index (χ3n) is 4.60. The number of anilines is 1. The zero-order valence-electron chi connectivity index (χ0n) is 11.5. The minimum atomic E-state index is 0.00697. The van der Waals surface area contributed by atoms with Crippen LogP contribution in [0.25, 0.3) is 0 Å². The molecular weight excluding hydrogens is 266 g/mol. The fourth-order valence-electron chi connectivity index (χ4n) is 3.49. The number of para-hydroxylation sites is 1. The SMILES string of the molecule is c1ccc(N2CCC3(CC2)OCCc2ccsc23)cc1. The molecule has 2 aliphatic heterocycles. The average Bonchev–Trinajstić information content (AvgIpc) is 2.99. The lowest BCUT2D eigenvalue weighted by molar-refractivity contribution is -0.0735. The van der Waals surface area contributed by atoms with E-state index in [-0.39, 0.29) is 5.60 Å². The molecule has 4 rings (SSSR count). The maximum Gasteiger partial charge on any atom is 0.106 e. The predicted molar refractivity (Wildman–Crippen MR) is 83.5 cm³/mol. The van der Waals surface area contributed by atoms with Crippen LogP contribution in [0.2, 0.25) is 0 Å². The van der Waals surface area contributed by atoms with E-state index in [1.54, 1.807) is 0 Å². The van der Waals surface area contributed by atoms with E-state index in [1.165, 1.54) is 16.1 Å². The molecule has 0 atom stereocenters. The Morgan fingerprint density at radius 1 is 1.05 bits per heavy atom. The van der Waals surface area contributed by atoms with Gasteiger partial charge >= 0.3 is 0 Å². The lowest BCUT2D eigenvalue weighted by Crippen LogP contribution is -2.46. The van der Waals surface area contributed by atoms with Crippen molar-refractivity contribution >= 4 is 17.0 Å². The van der Waals surface area contributed by atoms with E-state index in [9.17, 15) is 0 Å². The van der Waals surface area contributed by atoms with Crippen LogP contribution in [-0.2, 0) is 16.8 Å². The number of hydrogen-bond donors (Lipinski definition) is 0. The van der Waals surface area contributed by atoms with E-state index in [0.717, 1.165) is 39.0 Å². The van der Waals surface area contributed by atoms with Gasteiger partial charge in [0.1, 0.15) is 5.60 Å². The monoisotopic (exact) mass is 285 g/mol. The Hall–Kier alpha value is -1.32. The van der Waals surface area contributed by atoms with Crippen molar-refractivity contribution in [2.45, 2.75) is 24.9 Å². The van der Waals surface area contributed by atoms with Crippen molar-refractivity contribution in [3.05, 3.63) is 52.2 Å². The zero-order chi connectivity index (χ0) is 13.4. The van der Waals surface area contributed by atoms with Gasteiger partial charge in [-0.1, -0.05) is 18.2 Å². The first-order chi connectivity index (χ1) is 9.87. The number of fused-ring (bicyclic) bond motifs is 2. The van der Waals surface area contributed by atoms with Crippen LogP contribution in [-0.4, -0.2) is 19.7 Å². The second-order valence-electron chi connectivity index (χ2n) is 5.69. The summed E-state index contributed by atoms with van der Waals surface area (Å²) in [5, 5.41) is 2.23. The van der Waals surface area contributed by atoms with Gasteiger partial charge in [-0.25, -0.2) is 0 Å². The van der Waals surface area contributed by atoms with Gasteiger partial charge in [0, 0.05) is 23.7 Å². The summed E-state index contributed by atoms with van der Waals surface area (Å²) in [6.45, 7) is 3.05. The number of rotatable bonds is 1. The molecule has 1 aromatic carbocycles. The second kappa shape index (κ2) is 4.90. The third-order valence-corrected chi connectivity index (χ3v) is 5.74. The van der Waals surface area contributed by atoms with Crippen molar-refractivity contribution < 1.29 is 4.74 Å². The van der Waals surface area contributed by atoms with E-state index >= 15 is 0 Å².